The Labute approximate surface area is 141 Å². The normalized spacial score (nSPS) is 32.1. The first-order chi connectivity index (χ1) is 10.9. The van der Waals surface area contributed by atoms with Crippen LogP contribution in [0.15, 0.2) is 0 Å². The summed E-state index contributed by atoms with van der Waals surface area (Å²) in [6.45, 7) is 6.17. The van der Waals surface area contributed by atoms with Crippen molar-refractivity contribution in [2.24, 2.45) is 0 Å². The third kappa shape index (κ3) is 4.27. The summed E-state index contributed by atoms with van der Waals surface area (Å²) < 4.78 is 33.8. The van der Waals surface area contributed by atoms with E-state index in [2.05, 4.69) is 9.62 Å². The average Bonchev–Trinajstić information content (AvgIpc) is 3.07. The zero-order chi connectivity index (χ0) is 16.5. The van der Waals surface area contributed by atoms with Crippen LogP contribution in [0.1, 0.15) is 65.2 Å². The molecule has 3 aliphatic rings. The van der Waals surface area contributed by atoms with Crippen LogP contribution in [0.4, 0.5) is 0 Å². The number of hydrogen-bond acceptors (Lipinski definition) is 4. The highest BCUT2D eigenvalue weighted by Gasteiger charge is 2.42. The molecule has 3 fully saturated rings. The van der Waals surface area contributed by atoms with Gasteiger partial charge in [-0.15, -0.1) is 0 Å². The van der Waals surface area contributed by atoms with Gasteiger partial charge in [0.15, 0.2) is 0 Å². The van der Waals surface area contributed by atoms with Gasteiger partial charge in [-0.1, -0.05) is 19.3 Å². The van der Waals surface area contributed by atoms with Crippen molar-refractivity contribution in [2.75, 3.05) is 19.6 Å². The third-order valence-corrected chi connectivity index (χ3v) is 7.70. The fourth-order valence-electron chi connectivity index (χ4n) is 4.52. The number of nitrogens with zero attached hydrogens (tertiary/aromatic N) is 1. The van der Waals surface area contributed by atoms with Crippen LogP contribution < -0.4 is 4.72 Å². The summed E-state index contributed by atoms with van der Waals surface area (Å²) in [6.07, 6.45) is 9.77. The Kier molecular flexibility index (Phi) is 5.36. The molecule has 5 nitrogen and oxygen atoms in total. The maximum atomic E-state index is 12.3. The lowest BCUT2D eigenvalue weighted by Crippen LogP contribution is -2.41. The van der Waals surface area contributed by atoms with Gasteiger partial charge in [0.05, 0.1) is 17.0 Å². The molecular weight excluding hydrogens is 312 g/mol. The molecule has 2 heterocycles. The van der Waals surface area contributed by atoms with E-state index in [9.17, 15) is 8.42 Å². The monoisotopic (exact) mass is 344 g/mol. The number of likely N-dealkylation sites (tertiary alicyclic amines) is 1. The molecule has 1 aliphatic carbocycles. The topological polar surface area (TPSA) is 58.6 Å². The van der Waals surface area contributed by atoms with E-state index < -0.39 is 10.0 Å². The molecule has 0 amide bonds. The van der Waals surface area contributed by atoms with E-state index in [0.717, 1.165) is 25.9 Å². The summed E-state index contributed by atoms with van der Waals surface area (Å²) in [6, 6.07) is -0.0293. The lowest BCUT2D eigenvalue weighted by atomic mass is 9.83. The molecule has 0 radical (unpaired) electrons. The van der Waals surface area contributed by atoms with Gasteiger partial charge in [0.25, 0.3) is 0 Å². The first kappa shape index (κ1) is 17.6. The first-order valence-electron chi connectivity index (χ1n) is 9.30. The van der Waals surface area contributed by atoms with Gasteiger partial charge in [-0.3, -0.25) is 4.90 Å². The molecule has 2 unspecified atom stereocenters. The van der Waals surface area contributed by atoms with Crippen LogP contribution in [0.5, 0.6) is 0 Å². The van der Waals surface area contributed by atoms with Crippen molar-refractivity contribution in [3.8, 4) is 0 Å². The fraction of sp³-hybridized carbons (Fsp3) is 1.00. The maximum Gasteiger partial charge on any atom is 0.216 e. The minimum Gasteiger partial charge on any atom is -0.370 e. The zero-order valence-corrected chi connectivity index (χ0v) is 15.4. The van der Waals surface area contributed by atoms with Crippen LogP contribution in [0.3, 0.4) is 0 Å². The molecule has 0 aromatic rings. The van der Waals surface area contributed by atoms with Crippen molar-refractivity contribution in [1.82, 2.24) is 9.62 Å². The molecule has 2 atom stereocenters. The summed E-state index contributed by atoms with van der Waals surface area (Å²) in [5, 5.41) is -0.269. The fourth-order valence-corrected chi connectivity index (χ4v) is 6.19. The molecule has 0 aromatic heterocycles. The van der Waals surface area contributed by atoms with Crippen molar-refractivity contribution in [1.29, 1.82) is 0 Å². The van der Waals surface area contributed by atoms with Crippen molar-refractivity contribution in [2.45, 2.75) is 88.2 Å². The number of nitrogens with one attached hydrogen (secondary N) is 1. The Hall–Kier alpha value is -0.170. The summed E-state index contributed by atoms with van der Waals surface area (Å²) in [5.74, 6) is 0. The molecule has 23 heavy (non-hydrogen) atoms. The standard InChI is InChI=1S/C17H32N2O3S/c1-14(2)18-23(20,21)16-7-11-19(13-16)12-15-6-10-17(22-15)8-4-3-5-9-17/h14-16,18H,3-13H2,1-2H3. The minimum atomic E-state index is -3.19. The van der Waals surface area contributed by atoms with E-state index in [0.29, 0.717) is 12.6 Å². The minimum absolute atomic E-state index is 0.0293. The quantitative estimate of drug-likeness (QED) is 0.831. The number of sulfonamides is 1. The molecule has 2 saturated heterocycles. The molecule has 1 N–H and O–H groups in total. The van der Waals surface area contributed by atoms with Crippen LogP contribution in [0.25, 0.3) is 0 Å². The van der Waals surface area contributed by atoms with Gasteiger partial charge in [-0.25, -0.2) is 13.1 Å². The van der Waals surface area contributed by atoms with Gasteiger partial charge in [-0.2, -0.15) is 0 Å². The van der Waals surface area contributed by atoms with Crippen molar-refractivity contribution >= 4 is 10.0 Å². The Morgan fingerprint density at radius 1 is 1.17 bits per heavy atom. The van der Waals surface area contributed by atoms with E-state index >= 15 is 0 Å². The largest absolute Gasteiger partial charge is 0.370 e. The van der Waals surface area contributed by atoms with E-state index in [1.54, 1.807) is 0 Å². The number of ether oxygens (including phenoxy) is 1. The predicted molar refractivity (Wildman–Crippen MR) is 92.0 cm³/mol. The van der Waals surface area contributed by atoms with Crippen molar-refractivity contribution < 1.29 is 13.2 Å². The molecule has 134 valence electrons. The molecule has 0 bridgehead atoms. The third-order valence-electron chi connectivity index (χ3n) is 5.63. The van der Waals surface area contributed by atoms with Gasteiger partial charge in [0, 0.05) is 19.1 Å². The van der Waals surface area contributed by atoms with Gasteiger partial charge < -0.3 is 4.74 Å². The Morgan fingerprint density at radius 2 is 1.91 bits per heavy atom. The summed E-state index contributed by atoms with van der Waals surface area (Å²) in [4.78, 5) is 2.29. The molecule has 3 rings (SSSR count). The van der Waals surface area contributed by atoms with Crippen LogP contribution in [0.2, 0.25) is 0 Å². The van der Waals surface area contributed by atoms with Crippen molar-refractivity contribution in [3.63, 3.8) is 0 Å². The molecular formula is C17H32N2O3S. The zero-order valence-electron chi connectivity index (χ0n) is 14.6. The van der Waals surface area contributed by atoms with Crippen LogP contribution in [-0.2, 0) is 14.8 Å². The summed E-state index contributed by atoms with van der Waals surface area (Å²) >= 11 is 0. The second-order valence-electron chi connectivity index (χ2n) is 8.01. The lowest BCUT2D eigenvalue weighted by Gasteiger charge is -2.34. The number of hydrogen-bond donors (Lipinski definition) is 1. The van der Waals surface area contributed by atoms with E-state index in [1.807, 2.05) is 13.8 Å². The van der Waals surface area contributed by atoms with Crippen LogP contribution in [-0.4, -0.2) is 55.9 Å². The van der Waals surface area contributed by atoms with Crippen LogP contribution >= 0.6 is 0 Å². The molecule has 1 spiro atoms. The maximum absolute atomic E-state index is 12.3. The van der Waals surface area contributed by atoms with Crippen molar-refractivity contribution in [3.05, 3.63) is 0 Å². The average molecular weight is 345 g/mol. The number of rotatable bonds is 5. The highest BCUT2D eigenvalue weighted by atomic mass is 32.2. The smallest absolute Gasteiger partial charge is 0.216 e. The van der Waals surface area contributed by atoms with Crippen LogP contribution in [0, 0.1) is 0 Å². The Bertz CT molecular complexity index is 500. The Balaban J connectivity index is 1.49. The van der Waals surface area contributed by atoms with Gasteiger partial charge in [0.2, 0.25) is 10.0 Å². The molecule has 6 heteroatoms. The van der Waals surface area contributed by atoms with Gasteiger partial charge in [0.1, 0.15) is 0 Å². The highest BCUT2D eigenvalue weighted by molar-refractivity contribution is 7.90. The Morgan fingerprint density at radius 3 is 2.61 bits per heavy atom. The van der Waals surface area contributed by atoms with E-state index in [4.69, 9.17) is 4.74 Å². The first-order valence-corrected chi connectivity index (χ1v) is 10.8. The highest BCUT2D eigenvalue weighted by Crippen LogP contribution is 2.42. The second-order valence-corrected chi connectivity index (χ2v) is 10.0. The molecule has 1 saturated carbocycles. The lowest BCUT2D eigenvalue weighted by molar-refractivity contribution is -0.0703. The SMILES string of the molecule is CC(C)NS(=O)(=O)C1CCN(CC2CCC3(CCCCC3)O2)C1. The summed E-state index contributed by atoms with van der Waals surface area (Å²) in [5.41, 5.74) is 0.160. The van der Waals surface area contributed by atoms with E-state index in [1.165, 1.54) is 38.5 Å². The molecule has 0 aromatic carbocycles. The van der Waals surface area contributed by atoms with Gasteiger partial charge in [-0.05, 0) is 52.5 Å². The predicted octanol–water partition coefficient (Wildman–Crippen LogP) is 2.27. The van der Waals surface area contributed by atoms with E-state index in [-0.39, 0.29) is 16.9 Å². The summed E-state index contributed by atoms with van der Waals surface area (Å²) in [7, 11) is -3.19. The second kappa shape index (κ2) is 6.98. The molecule has 2 aliphatic heterocycles. The van der Waals surface area contributed by atoms with Gasteiger partial charge >= 0.3 is 0 Å².